The van der Waals surface area contributed by atoms with Gasteiger partial charge in [-0.2, -0.15) is 4.98 Å². The number of para-hydroxylation sites is 1. The second-order valence-corrected chi connectivity index (χ2v) is 8.06. The minimum Gasteiger partial charge on any atom is -0.443 e. The van der Waals surface area contributed by atoms with E-state index in [9.17, 15) is 18.0 Å². The van der Waals surface area contributed by atoms with Gasteiger partial charge in [0.1, 0.15) is 11.8 Å². The van der Waals surface area contributed by atoms with Gasteiger partial charge in [0, 0.05) is 12.1 Å². The van der Waals surface area contributed by atoms with Crippen molar-refractivity contribution in [3.63, 3.8) is 0 Å². The highest BCUT2D eigenvalue weighted by Crippen LogP contribution is 2.37. The maximum atomic E-state index is 13.4. The highest BCUT2D eigenvalue weighted by Gasteiger charge is 2.37. The number of carbonyl (C=O) groups excluding carboxylic acids is 1. The van der Waals surface area contributed by atoms with Crippen molar-refractivity contribution in [2.24, 2.45) is 0 Å². The lowest BCUT2D eigenvalue weighted by Gasteiger charge is -2.21. The van der Waals surface area contributed by atoms with Crippen molar-refractivity contribution in [3.8, 4) is 28.5 Å². The van der Waals surface area contributed by atoms with E-state index in [1.807, 2.05) is 31.2 Å². The second kappa shape index (κ2) is 8.90. The lowest BCUT2D eigenvalue weighted by molar-refractivity contribution is -0.274. The fraction of sp³-hybridized carbons (Fsp3) is 0.250. The van der Waals surface area contributed by atoms with Crippen molar-refractivity contribution in [1.82, 2.24) is 20.0 Å². The molecule has 0 bridgehead atoms. The zero-order valence-corrected chi connectivity index (χ0v) is 18.5. The Labute approximate surface area is 197 Å². The molecule has 0 spiro atoms. The zero-order chi connectivity index (χ0) is 24.6. The quantitative estimate of drug-likeness (QED) is 0.365. The summed E-state index contributed by atoms with van der Waals surface area (Å²) in [5.74, 6) is -0.404. The van der Waals surface area contributed by atoms with Crippen LogP contribution in [0.3, 0.4) is 0 Å². The van der Waals surface area contributed by atoms with Crippen molar-refractivity contribution < 1.29 is 31.6 Å². The number of oxazole rings is 1. The fourth-order valence-corrected chi connectivity index (χ4v) is 4.14. The van der Waals surface area contributed by atoms with Crippen LogP contribution in [0.2, 0.25) is 0 Å². The molecule has 11 heteroatoms. The summed E-state index contributed by atoms with van der Waals surface area (Å²) in [6, 6.07) is 12.5. The van der Waals surface area contributed by atoms with Crippen LogP contribution in [0, 0.1) is 6.92 Å². The van der Waals surface area contributed by atoms with Crippen molar-refractivity contribution in [1.29, 1.82) is 0 Å². The van der Waals surface area contributed by atoms with E-state index in [1.165, 1.54) is 30.7 Å². The predicted molar refractivity (Wildman–Crippen MR) is 116 cm³/mol. The summed E-state index contributed by atoms with van der Waals surface area (Å²) in [7, 11) is 0. The van der Waals surface area contributed by atoms with E-state index in [0.29, 0.717) is 25.1 Å². The van der Waals surface area contributed by atoms with Gasteiger partial charge >= 0.3 is 6.36 Å². The number of hydrogen-bond acceptors (Lipinski definition) is 7. The third-order valence-electron chi connectivity index (χ3n) is 5.64. The number of ether oxygens (including phenoxy) is 1. The Morgan fingerprint density at radius 3 is 2.80 bits per heavy atom. The lowest BCUT2D eigenvalue weighted by Crippen LogP contribution is -2.31. The third-order valence-corrected chi connectivity index (χ3v) is 5.64. The van der Waals surface area contributed by atoms with Gasteiger partial charge in [0.25, 0.3) is 5.91 Å². The zero-order valence-electron chi connectivity index (χ0n) is 18.5. The first-order valence-corrected chi connectivity index (χ1v) is 10.8. The molecule has 1 aliphatic heterocycles. The fourth-order valence-electron chi connectivity index (χ4n) is 4.14. The largest absolute Gasteiger partial charge is 0.573 e. The first kappa shape index (κ1) is 22.6. The van der Waals surface area contributed by atoms with Crippen LogP contribution in [0.1, 0.15) is 40.8 Å². The molecule has 1 aliphatic rings. The number of likely N-dealkylation sites (tertiary alicyclic amines) is 1. The summed E-state index contributed by atoms with van der Waals surface area (Å²) in [5.41, 5.74) is 1.91. The van der Waals surface area contributed by atoms with Gasteiger partial charge < -0.3 is 18.6 Å². The maximum Gasteiger partial charge on any atom is 0.573 e. The Hall–Kier alpha value is -4.15. The molecule has 1 amide bonds. The van der Waals surface area contributed by atoms with Gasteiger partial charge in [-0.3, -0.25) is 4.79 Å². The van der Waals surface area contributed by atoms with E-state index in [4.69, 9.17) is 8.94 Å². The standard InChI is InChI=1S/C24H19F3N4O4/c1-14-6-4-7-15(12-14)20-19(28-13-33-20)23(32)31-11-5-9-17(31)22-29-21(30-35-22)16-8-2-3-10-18(16)34-24(25,26)27/h2-4,6-8,10,12-13,17H,5,9,11H2,1H3. The molecule has 2 aromatic carbocycles. The summed E-state index contributed by atoms with van der Waals surface area (Å²) in [6.07, 6.45) is -2.42. The molecule has 1 fully saturated rings. The summed E-state index contributed by atoms with van der Waals surface area (Å²) < 4.78 is 53.4. The van der Waals surface area contributed by atoms with Crippen LogP contribution in [-0.4, -0.2) is 38.8 Å². The molecule has 2 aromatic heterocycles. The molecule has 8 nitrogen and oxygen atoms in total. The molecule has 1 saturated heterocycles. The average Bonchev–Trinajstić information content (AvgIpc) is 3.58. The number of benzene rings is 2. The Bertz CT molecular complexity index is 1360. The highest BCUT2D eigenvalue weighted by molar-refractivity contribution is 5.98. The Morgan fingerprint density at radius 1 is 1.17 bits per heavy atom. The number of rotatable bonds is 5. The van der Waals surface area contributed by atoms with Gasteiger partial charge in [-0.25, -0.2) is 4.98 Å². The number of amides is 1. The molecule has 1 atom stereocenters. The minimum atomic E-state index is -4.87. The van der Waals surface area contributed by atoms with Crippen LogP contribution in [0.5, 0.6) is 5.75 Å². The lowest BCUT2D eigenvalue weighted by atomic mass is 10.1. The number of hydrogen-bond donors (Lipinski definition) is 0. The number of carbonyl (C=O) groups is 1. The topological polar surface area (TPSA) is 94.5 Å². The van der Waals surface area contributed by atoms with Crippen LogP contribution in [0.15, 0.2) is 63.9 Å². The molecule has 0 radical (unpaired) electrons. The number of alkyl halides is 3. The Balaban J connectivity index is 1.42. The van der Waals surface area contributed by atoms with E-state index < -0.39 is 18.2 Å². The van der Waals surface area contributed by atoms with Gasteiger partial charge in [-0.05, 0) is 38.0 Å². The Morgan fingerprint density at radius 2 is 2.00 bits per heavy atom. The van der Waals surface area contributed by atoms with Crippen LogP contribution in [0.25, 0.3) is 22.7 Å². The summed E-state index contributed by atoms with van der Waals surface area (Å²) >= 11 is 0. The third kappa shape index (κ3) is 4.61. The molecule has 1 unspecified atom stereocenters. The van der Waals surface area contributed by atoms with Gasteiger partial charge in [-0.1, -0.05) is 41.1 Å². The number of aryl methyl sites for hydroxylation is 1. The van der Waals surface area contributed by atoms with E-state index in [0.717, 1.165) is 11.1 Å². The maximum absolute atomic E-state index is 13.4. The molecule has 180 valence electrons. The number of aromatic nitrogens is 3. The van der Waals surface area contributed by atoms with Crippen molar-refractivity contribution in [2.75, 3.05) is 6.54 Å². The molecule has 0 aliphatic carbocycles. The average molecular weight is 484 g/mol. The molecule has 0 saturated carbocycles. The SMILES string of the molecule is Cc1cccc(-c2ocnc2C(=O)N2CCCC2c2nc(-c3ccccc3OC(F)(F)F)no2)c1. The molecule has 0 N–H and O–H groups in total. The first-order chi connectivity index (χ1) is 16.8. The molecule has 35 heavy (non-hydrogen) atoms. The van der Waals surface area contributed by atoms with Gasteiger partial charge in [0.15, 0.2) is 17.8 Å². The molecule has 3 heterocycles. The highest BCUT2D eigenvalue weighted by atomic mass is 19.4. The predicted octanol–water partition coefficient (Wildman–Crippen LogP) is 5.58. The van der Waals surface area contributed by atoms with E-state index in [2.05, 4.69) is 19.9 Å². The van der Waals surface area contributed by atoms with Crippen molar-refractivity contribution in [2.45, 2.75) is 32.2 Å². The summed E-state index contributed by atoms with van der Waals surface area (Å²) in [5, 5.41) is 3.85. The number of nitrogens with zero attached hydrogens (tertiary/aromatic N) is 4. The van der Waals surface area contributed by atoms with Crippen LogP contribution in [0.4, 0.5) is 13.2 Å². The summed E-state index contributed by atoms with van der Waals surface area (Å²) in [4.78, 5) is 23.4. The second-order valence-electron chi connectivity index (χ2n) is 8.06. The van der Waals surface area contributed by atoms with Crippen LogP contribution >= 0.6 is 0 Å². The van der Waals surface area contributed by atoms with Gasteiger partial charge in [0.2, 0.25) is 11.7 Å². The minimum absolute atomic E-state index is 0.0222. The molecule has 4 aromatic rings. The van der Waals surface area contributed by atoms with E-state index in [1.54, 1.807) is 4.90 Å². The first-order valence-electron chi connectivity index (χ1n) is 10.8. The van der Waals surface area contributed by atoms with Gasteiger partial charge in [-0.15, -0.1) is 13.2 Å². The van der Waals surface area contributed by atoms with Gasteiger partial charge in [0.05, 0.1) is 5.56 Å². The monoisotopic (exact) mass is 484 g/mol. The van der Waals surface area contributed by atoms with E-state index in [-0.39, 0.29) is 28.9 Å². The summed E-state index contributed by atoms with van der Waals surface area (Å²) in [6.45, 7) is 2.36. The molecule has 5 rings (SSSR count). The van der Waals surface area contributed by atoms with Crippen molar-refractivity contribution in [3.05, 3.63) is 72.1 Å². The number of halogens is 3. The molecular formula is C24H19F3N4O4. The normalized spacial score (nSPS) is 16.0. The van der Waals surface area contributed by atoms with Crippen molar-refractivity contribution >= 4 is 5.91 Å². The van der Waals surface area contributed by atoms with E-state index >= 15 is 0 Å². The van der Waals surface area contributed by atoms with Crippen LogP contribution < -0.4 is 4.74 Å². The Kier molecular flexibility index (Phi) is 5.75. The smallest absolute Gasteiger partial charge is 0.443 e. The molecular weight excluding hydrogens is 465 g/mol. The van der Waals surface area contributed by atoms with Crippen LogP contribution in [-0.2, 0) is 0 Å².